The van der Waals surface area contributed by atoms with Gasteiger partial charge in [-0.2, -0.15) is 0 Å². The van der Waals surface area contributed by atoms with Crippen molar-refractivity contribution in [2.45, 2.75) is 18.9 Å². The summed E-state index contributed by atoms with van der Waals surface area (Å²) in [6.45, 7) is 0.808. The molecule has 5 heteroatoms. The van der Waals surface area contributed by atoms with Crippen LogP contribution in [0.15, 0.2) is 6.33 Å². The van der Waals surface area contributed by atoms with Crippen molar-refractivity contribution in [3.63, 3.8) is 0 Å². The Morgan fingerprint density at radius 1 is 1.83 bits per heavy atom. The van der Waals surface area contributed by atoms with Gasteiger partial charge in [0, 0.05) is 6.54 Å². The van der Waals surface area contributed by atoms with Crippen molar-refractivity contribution in [2.75, 3.05) is 7.11 Å². The number of aryl methyl sites for hydroxylation is 1. The number of nitrogens with zero attached hydrogens (tertiary/aromatic N) is 3. The van der Waals surface area contributed by atoms with Crippen LogP contribution in [0, 0.1) is 0 Å². The van der Waals surface area contributed by atoms with E-state index in [1.165, 1.54) is 7.11 Å². The smallest absolute Gasteiger partial charge is 0.316 e. The van der Waals surface area contributed by atoms with E-state index in [9.17, 15) is 4.79 Å². The lowest BCUT2D eigenvalue weighted by molar-refractivity contribution is -0.142. The van der Waals surface area contributed by atoms with Crippen molar-refractivity contribution in [2.24, 2.45) is 0 Å². The highest BCUT2D eigenvalue weighted by Gasteiger charge is 2.31. The molecule has 1 aromatic rings. The van der Waals surface area contributed by atoms with Crippen LogP contribution in [0.5, 0.6) is 0 Å². The molecule has 0 bridgehead atoms. The van der Waals surface area contributed by atoms with Crippen LogP contribution >= 0.6 is 0 Å². The summed E-state index contributed by atoms with van der Waals surface area (Å²) in [6.07, 6.45) is 2.41. The zero-order valence-corrected chi connectivity index (χ0v) is 6.73. The molecule has 0 saturated carbocycles. The number of fused-ring (bicyclic) bond motifs is 1. The average molecular weight is 167 g/mol. The average Bonchev–Trinajstić information content (AvgIpc) is 2.62. The number of rotatable bonds is 1. The Morgan fingerprint density at radius 3 is 3.42 bits per heavy atom. The maximum atomic E-state index is 11.2. The first-order valence-corrected chi connectivity index (χ1v) is 3.78. The van der Waals surface area contributed by atoms with Crippen LogP contribution in [0.1, 0.15) is 18.2 Å². The molecule has 2 heterocycles. The van der Waals surface area contributed by atoms with Crippen LogP contribution in [0.25, 0.3) is 0 Å². The topological polar surface area (TPSA) is 57.0 Å². The van der Waals surface area contributed by atoms with Crippen LogP contribution in [0.4, 0.5) is 0 Å². The molecule has 12 heavy (non-hydrogen) atoms. The summed E-state index contributed by atoms with van der Waals surface area (Å²) in [6, 6.07) is 0. The SMILES string of the molecule is COC(=O)C1CCn2cnnc21. The fraction of sp³-hybridized carbons (Fsp3) is 0.571. The second kappa shape index (κ2) is 2.58. The number of hydrogen-bond donors (Lipinski definition) is 0. The summed E-state index contributed by atoms with van der Waals surface area (Å²) < 4.78 is 6.52. The number of carbonyl (C=O) groups excluding carboxylic acids is 1. The number of ether oxygens (including phenoxy) is 1. The van der Waals surface area contributed by atoms with Gasteiger partial charge in [0.2, 0.25) is 0 Å². The summed E-state index contributed by atoms with van der Waals surface area (Å²) in [5.74, 6) is 0.293. The van der Waals surface area contributed by atoms with Gasteiger partial charge in [0.1, 0.15) is 18.1 Å². The van der Waals surface area contributed by atoms with Crippen LogP contribution in [0.2, 0.25) is 0 Å². The highest BCUT2D eigenvalue weighted by molar-refractivity contribution is 5.77. The molecule has 0 fully saturated rings. The minimum absolute atomic E-state index is 0.211. The number of methoxy groups -OCH3 is 1. The monoisotopic (exact) mass is 167 g/mol. The van der Waals surface area contributed by atoms with Gasteiger partial charge in [0.25, 0.3) is 0 Å². The molecule has 64 valence electrons. The third-order valence-corrected chi connectivity index (χ3v) is 2.10. The Hall–Kier alpha value is -1.39. The van der Waals surface area contributed by atoms with Gasteiger partial charge in [-0.3, -0.25) is 4.79 Å². The van der Waals surface area contributed by atoms with E-state index in [0.29, 0.717) is 0 Å². The van der Waals surface area contributed by atoms with Crippen LogP contribution in [-0.2, 0) is 16.1 Å². The van der Waals surface area contributed by atoms with Gasteiger partial charge in [-0.25, -0.2) is 0 Å². The number of esters is 1. The van der Waals surface area contributed by atoms with Crippen molar-refractivity contribution in [3.8, 4) is 0 Å². The Bertz CT molecular complexity index is 307. The molecule has 1 aliphatic rings. The maximum Gasteiger partial charge on any atom is 0.316 e. The van der Waals surface area contributed by atoms with E-state index < -0.39 is 0 Å². The lowest BCUT2D eigenvalue weighted by Gasteiger charge is -2.03. The zero-order valence-electron chi connectivity index (χ0n) is 6.73. The minimum atomic E-state index is -0.221. The molecular formula is C7H9N3O2. The zero-order chi connectivity index (χ0) is 8.55. The van der Waals surface area contributed by atoms with Gasteiger partial charge >= 0.3 is 5.97 Å². The molecule has 1 aliphatic heterocycles. The largest absolute Gasteiger partial charge is 0.468 e. The van der Waals surface area contributed by atoms with Gasteiger partial charge in [0.05, 0.1) is 7.11 Å². The Morgan fingerprint density at radius 2 is 2.67 bits per heavy atom. The normalized spacial score (nSPS) is 20.6. The van der Waals surface area contributed by atoms with Gasteiger partial charge in [-0.05, 0) is 6.42 Å². The van der Waals surface area contributed by atoms with Crippen molar-refractivity contribution in [1.82, 2.24) is 14.8 Å². The van der Waals surface area contributed by atoms with Crippen molar-refractivity contribution >= 4 is 5.97 Å². The second-order valence-electron chi connectivity index (χ2n) is 2.75. The quantitative estimate of drug-likeness (QED) is 0.550. The van der Waals surface area contributed by atoms with Crippen molar-refractivity contribution < 1.29 is 9.53 Å². The van der Waals surface area contributed by atoms with Crippen LogP contribution in [0.3, 0.4) is 0 Å². The Balaban J connectivity index is 2.28. The summed E-state index contributed by atoms with van der Waals surface area (Å²) in [4.78, 5) is 11.2. The van der Waals surface area contributed by atoms with Crippen molar-refractivity contribution in [1.29, 1.82) is 0 Å². The first-order valence-electron chi connectivity index (χ1n) is 3.78. The van der Waals surface area contributed by atoms with E-state index in [1.807, 2.05) is 4.57 Å². The fourth-order valence-corrected chi connectivity index (χ4v) is 1.47. The van der Waals surface area contributed by atoms with Crippen molar-refractivity contribution in [3.05, 3.63) is 12.2 Å². The molecule has 0 amide bonds. The first kappa shape index (κ1) is 7.27. The van der Waals surface area contributed by atoms with Gasteiger partial charge in [0.15, 0.2) is 0 Å². The molecule has 5 nitrogen and oxygen atoms in total. The lowest BCUT2D eigenvalue weighted by Crippen LogP contribution is -2.12. The highest BCUT2D eigenvalue weighted by Crippen LogP contribution is 2.26. The summed E-state index contributed by atoms with van der Waals surface area (Å²) >= 11 is 0. The van der Waals surface area contributed by atoms with E-state index in [4.69, 9.17) is 0 Å². The van der Waals surface area contributed by atoms with Crippen LogP contribution < -0.4 is 0 Å². The summed E-state index contributed by atoms with van der Waals surface area (Å²) in [5, 5.41) is 7.58. The minimum Gasteiger partial charge on any atom is -0.468 e. The third-order valence-electron chi connectivity index (χ3n) is 2.10. The molecule has 1 atom stereocenters. The van der Waals surface area contributed by atoms with Gasteiger partial charge in [-0.15, -0.1) is 10.2 Å². The second-order valence-corrected chi connectivity index (χ2v) is 2.75. The number of carbonyl (C=O) groups is 1. The molecule has 1 unspecified atom stereocenters. The maximum absolute atomic E-state index is 11.2. The summed E-state index contributed by atoms with van der Waals surface area (Å²) in [5.41, 5.74) is 0. The standard InChI is InChI=1S/C7H9N3O2/c1-12-7(11)5-2-3-10-4-8-9-6(5)10/h4-5H,2-3H2,1H3. The van der Waals surface area contributed by atoms with E-state index in [0.717, 1.165) is 18.8 Å². The molecule has 1 aromatic heterocycles. The molecule has 0 N–H and O–H groups in total. The Kier molecular flexibility index (Phi) is 1.56. The molecular weight excluding hydrogens is 158 g/mol. The highest BCUT2D eigenvalue weighted by atomic mass is 16.5. The third kappa shape index (κ3) is 0.895. The molecule has 0 aromatic carbocycles. The molecule has 0 radical (unpaired) electrons. The fourth-order valence-electron chi connectivity index (χ4n) is 1.47. The van der Waals surface area contributed by atoms with E-state index in [1.54, 1.807) is 6.33 Å². The predicted molar refractivity (Wildman–Crippen MR) is 39.4 cm³/mol. The molecule has 0 saturated heterocycles. The number of aromatic nitrogens is 3. The van der Waals surface area contributed by atoms with Crippen LogP contribution in [-0.4, -0.2) is 27.8 Å². The predicted octanol–water partition coefficient (Wildman–Crippen LogP) is -0.0616. The van der Waals surface area contributed by atoms with Gasteiger partial charge < -0.3 is 9.30 Å². The molecule has 0 aliphatic carbocycles. The van der Waals surface area contributed by atoms with Gasteiger partial charge in [-0.1, -0.05) is 0 Å². The first-order chi connectivity index (χ1) is 5.83. The number of hydrogen-bond acceptors (Lipinski definition) is 4. The van der Waals surface area contributed by atoms with E-state index in [2.05, 4.69) is 14.9 Å². The Labute approximate surface area is 69.4 Å². The molecule has 0 spiro atoms. The lowest BCUT2D eigenvalue weighted by atomic mass is 10.1. The van der Waals surface area contributed by atoms with E-state index >= 15 is 0 Å². The summed E-state index contributed by atoms with van der Waals surface area (Å²) in [7, 11) is 1.39. The molecule has 2 rings (SSSR count). The van der Waals surface area contributed by atoms with E-state index in [-0.39, 0.29) is 11.9 Å².